The molecule has 22 heavy (non-hydrogen) atoms. The average molecular weight is 294 g/mol. The van der Waals surface area contributed by atoms with E-state index in [1.807, 2.05) is 30.3 Å². The summed E-state index contributed by atoms with van der Waals surface area (Å²) in [5.41, 5.74) is 4.34. The van der Waals surface area contributed by atoms with Gasteiger partial charge in [0, 0.05) is 11.5 Å². The van der Waals surface area contributed by atoms with Gasteiger partial charge in [-0.3, -0.25) is 4.79 Å². The van der Waals surface area contributed by atoms with Crippen molar-refractivity contribution >= 4 is 5.78 Å². The Morgan fingerprint density at radius 2 is 1.73 bits per heavy atom. The summed E-state index contributed by atoms with van der Waals surface area (Å²) < 4.78 is 0. The number of unbranched alkanes of at least 4 members (excludes halogenated alkanes) is 1. The SMILES string of the molecule is CCCCC(CC)C(=O)c1cccc(-c2ccccc2)c1C. The van der Waals surface area contributed by atoms with Crippen LogP contribution in [0.2, 0.25) is 0 Å². The van der Waals surface area contributed by atoms with E-state index in [-0.39, 0.29) is 5.92 Å². The van der Waals surface area contributed by atoms with Crippen molar-refractivity contribution < 1.29 is 4.79 Å². The number of benzene rings is 2. The third-order valence-electron chi connectivity index (χ3n) is 4.45. The number of ketones is 1. The smallest absolute Gasteiger partial charge is 0.166 e. The fourth-order valence-electron chi connectivity index (χ4n) is 3.02. The average Bonchev–Trinajstić information content (AvgIpc) is 2.56. The first kappa shape index (κ1) is 16.5. The molecule has 0 N–H and O–H groups in total. The first-order chi connectivity index (χ1) is 10.7. The molecule has 1 heteroatoms. The van der Waals surface area contributed by atoms with E-state index in [0.717, 1.165) is 42.4 Å². The van der Waals surface area contributed by atoms with Crippen LogP contribution in [-0.2, 0) is 0 Å². The summed E-state index contributed by atoms with van der Waals surface area (Å²) in [4.78, 5) is 12.9. The van der Waals surface area contributed by atoms with Crippen LogP contribution in [0.4, 0.5) is 0 Å². The zero-order chi connectivity index (χ0) is 15.9. The standard InChI is InChI=1S/C21H26O/c1-4-6-11-17(5-2)21(22)20-15-10-14-19(16(20)3)18-12-8-7-9-13-18/h7-10,12-15,17H,4-6,11H2,1-3H3. The van der Waals surface area contributed by atoms with E-state index >= 15 is 0 Å². The molecule has 0 amide bonds. The monoisotopic (exact) mass is 294 g/mol. The summed E-state index contributed by atoms with van der Waals surface area (Å²) in [6.07, 6.45) is 4.20. The maximum atomic E-state index is 12.9. The van der Waals surface area contributed by atoms with Gasteiger partial charge in [0.1, 0.15) is 0 Å². The Hall–Kier alpha value is -1.89. The molecule has 0 saturated carbocycles. The van der Waals surface area contributed by atoms with Gasteiger partial charge in [0.25, 0.3) is 0 Å². The number of carbonyl (C=O) groups is 1. The van der Waals surface area contributed by atoms with E-state index in [1.54, 1.807) is 0 Å². The molecule has 1 nitrogen and oxygen atoms in total. The number of hydrogen-bond donors (Lipinski definition) is 0. The van der Waals surface area contributed by atoms with Gasteiger partial charge in [0.15, 0.2) is 5.78 Å². The molecule has 0 fully saturated rings. The van der Waals surface area contributed by atoms with Gasteiger partial charge in [-0.1, -0.05) is 75.2 Å². The first-order valence-corrected chi connectivity index (χ1v) is 8.38. The van der Waals surface area contributed by atoms with Crippen LogP contribution in [0, 0.1) is 12.8 Å². The van der Waals surface area contributed by atoms with Crippen LogP contribution < -0.4 is 0 Å². The number of carbonyl (C=O) groups excluding carboxylic acids is 1. The van der Waals surface area contributed by atoms with E-state index in [0.29, 0.717) is 5.78 Å². The Balaban J connectivity index is 2.34. The highest BCUT2D eigenvalue weighted by Crippen LogP contribution is 2.28. The minimum atomic E-state index is 0.157. The van der Waals surface area contributed by atoms with E-state index in [2.05, 4.69) is 39.0 Å². The lowest BCUT2D eigenvalue weighted by molar-refractivity contribution is 0.0907. The van der Waals surface area contributed by atoms with Gasteiger partial charge in [-0.05, 0) is 36.5 Å². The molecular formula is C21H26O. The van der Waals surface area contributed by atoms with Crippen molar-refractivity contribution in [3.63, 3.8) is 0 Å². The molecule has 0 aromatic heterocycles. The van der Waals surface area contributed by atoms with Crippen LogP contribution >= 0.6 is 0 Å². The third-order valence-corrected chi connectivity index (χ3v) is 4.45. The molecule has 0 radical (unpaired) electrons. The normalized spacial score (nSPS) is 12.1. The highest BCUT2D eigenvalue weighted by atomic mass is 16.1. The van der Waals surface area contributed by atoms with Gasteiger partial charge in [-0.15, -0.1) is 0 Å². The highest BCUT2D eigenvalue weighted by Gasteiger charge is 2.20. The molecule has 1 atom stereocenters. The molecule has 2 aromatic carbocycles. The Kier molecular flexibility index (Phi) is 5.94. The van der Waals surface area contributed by atoms with E-state index in [4.69, 9.17) is 0 Å². The van der Waals surface area contributed by atoms with Crippen LogP contribution in [0.5, 0.6) is 0 Å². The molecule has 0 heterocycles. The van der Waals surface area contributed by atoms with Crippen molar-refractivity contribution in [1.82, 2.24) is 0 Å². The van der Waals surface area contributed by atoms with Crippen LogP contribution in [0.25, 0.3) is 11.1 Å². The lowest BCUT2D eigenvalue weighted by Crippen LogP contribution is -2.15. The maximum Gasteiger partial charge on any atom is 0.166 e. The van der Waals surface area contributed by atoms with Crippen LogP contribution in [0.1, 0.15) is 55.5 Å². The van der Waals surface area contributed by atoms with Gasteiger partial charge < -0.3 is 0 Å². The minimum Gasteiger partial charge on any atom is -0.294 e. The molecule has 2 aromatic rings. The molecular weight excluding hydrogens is 268 g/mol. The van der Waals surface area contributed by atoms with E-state index < -0.39 is 0 Å². The summed E-state index contributed by atoms with van der Waals surface area (Å²) in [5, 5.41) is 0. The predicted octanol–water partition coefficient (Wildman–Crippen LogP) is 6.06. The molecule has 116 valence electrons. The van der Waals surface area contributed by atoms with Gasteiger partial charge in [0.05, 0.1) is 0 Å². The lowest BCUT2D eigenvalue weighted by atomic mass is 9.86. The first-order valence-electron chi connectivity index (χ1n) is 8.38. The van der Waals surface area contributed by atoms with Crippen molar-refractivity contribution in [1.29, 1.82) is 0 Å². The molecule has 2 rings (SSSR count). The summed E-state index contributed by atoms with van der Waals surface area (Å²) in [6, 6.07) is 16.4. The highest BCUT2D eigenvalue weighted by molar-refractivity contribution is 6.00. The zero-order valence-electron chi connectivity index (χ0n) is 13.9. The Labute approximate surface area is 134 Å². The zero-order valence-corrected chi connectivity index (χ0v) is 13.9. The molecule has 0 saturated heterocycles. The van der Waals surface area contributed by atoms with Gasteiger partial charge in [-0.2, -0.15) is 0 Å². The predicted molar refractivity (Wildman–Crippen MR) is 94.3 cm³/mol. The third kappa shape index (κ3) is 3.65. The fourth-order valence-corrected chi connectivity index (χ4v) is 3.02. The second-order valence-electron chi connectivity index (χ2n) is 5.96. The summed E-state index contributed by atoms with van der Waals surface area (Å²) in [7, 11) is 0. The molecule has 0 bridgehead atoms. The summed E-state index contributed by atoms with van der Waals surface area (Å²) in [6.45, 7) is 6.37. The topological polar surface area (TPSA) is 17.1 Å². The van der Waals surface area contributed by atoms with Crippen molar-refractivity contribution in [3.05, 3.63) is 59.7 Å². The number of rotatable bonds is 7. The van der Waals surface area contributed by atoms with E-state index in [1.165, 1.54) is 5.56 Å². The van der Waals surface area contributed by atoms with E-state index in [9.17, 15) is 4.79 Å². The molecule has 0 spiro atoms. The number of hydrogen-bond acceptors (Lipinski definition) is 1. The molecule has 0 aliphatic carbocycles. The Morgan fingerprint density at radius 1 is 1.00 bits per heavy atom. The van der Waals surface area contributed by atoms with Gasteiger partial charge in [0.2, 0.25) is 0 Å². The lowest BCUT2D eigenvalue weighted by Gasteiger charge is -2.17. The van der Waals surface area contributed by atoms with Gasteiger partial charge in [-0.25, -0.2) is 0 Å². The molecule has 0 aliphatic heterocycles. The van der Waals surface area contributed by atoms with Crippen molar-refractivity contribution in [3.8, 4) is 11.1 Å². The minimum absolute atomic E-state index is 0.157. The molecule has 1 unspecified atom stereocenters. The Bertz CT molecular complexity index is 613. The Morgan fingerprint density at radius 3 is 2.36 bits per heavy atom. The largest absolute Gasteiger partial charge is 0.294 e. The van der Waals surface area contributed by atoms with Crippen molar-refractivity contribution in [2.45, 2.75) is 46.5 Å². The summed E-state index contributed by atoms with van der Waals surface area (Å²) >= 11 is 0. The number of Topliss-reactive ketones (excluding diaryl/α,β-unsaturated/α-hetero) is 1. The van der Waals surface area contributed by atoms with Crippen LogP contribution in [0.15, 0.2) is 48.5 Å². The van der Waals surface area contributed by atoms with Crippen LogP contribution in [0.3, 0.4) is 0 Å². The second kappa shape index (κ2) is 7.93. The quantitative estimate of drug-likeness (QED) is 0.567. The maximum absolute atomic E-state index is 12.9. The van der Waals surface area contributed by atoms with Crippen molar-refractivity contribution in [2.24, 2.45) is 5.92 Å². The second-order valence-corrected chi connectivity index (χ2v) is 5.96. The van der Waals surface area contributed by atoms with Crippen LogP contribution in [-0.4, -0.2) is 5.78 Å². The van der Waals surface area contributed by atoms with Gasteiger partial charge >= 0.3 is 0 Å². The summed E-state index contributed by atoms with van der Waals surface area (Å²) in [5.74, 6) is 0.468. The molecule has 0 aliphatic rings. The fraction of sp³-hybridized carbons (Fsp3) is 0.381. The van der Waals surface area contributed by atoms with Crippen molar-refractivity contribution in [2.75, 3.05) is 0 Å².